The molecule has 1 heterocycles. The van der Waals surface area contributed by atoms with E-state index in [4.69, 9.17) is 0 Å². The van der Waals surface area contributed by atoms with Crippen molar-refractivity contribution < 1.29 is 4.79 Å². The lowest BCUT2D eigenvalue weighted by Crippen LogP contribution is -2.42. The summed E-state index contributed by atoms with van der Waals surface area (Å²) < 4.78 is 0. The molecule has 5 nitrogen and oxygen atoms in total. The van der Waals surface area contributed by atoms with Crippen molar-refractivity contribution in [2.45, 2.75) is 26.2 Å². The molecule has 0 saturated heterocycles. The Hall–Kier alpha value is -1.61. The topological polar surface area (TPSA) is 65.5 Å². The molecular weight excluding hydrogens is 459 g/mol. The number of nitrogens with zero attached hydrogens (tertiary/aromatic N) is 1. The number of thiophene rings is 1. The predicted octanol–water partition coefficient (Wildman–Crippen LogP) is 3.84. The van der Waals surface area contributed by atoms with Crippen LogP contribution in [0.3, 0.4) is 0 Å². The van der Waals surface area contributed by atoms with E-state index in [1.54, 1.807) is 18.4 Å². The number of hydrogen-bond acceptors (Lipinski definition) is 3. The summed E-state index contributed by atoms with van der Waals surface area (Å²) in [6.45, 7) is 5.19. The van der Waals surface area contributed by atoms with Crippen LogP contribution in [0.5, 0.6) is 0 Å². The van der Waals surface area contributed by atoms with Crippen LogP contribution in [0.25, 0.3) is 0 Å². The highest BCUT2D eigenvalue weighted by Gasteiger charge is 2.09. The molecular formula is C19H27IN4OS. The van der Waals surface area contributed by atoms with E-state index in [9.17, 15) is 4.79 Å². The Balaban J connectivity index is 0.00000338. The molecule has 142 valence electrons. The predicted molar refractivity (Wildman–Crippen MR) is 122 cm³/mol. The molecule has 26 heavy (non-hydrogen) atoms. The summed E-state index contributed by atoms with van der Waals surface area (Å²) in [5.41, 5.74) is 2.02. The van der Waals surface area contributed by atoms with E-state index >= 15 is 0 Å². The minimum Gasteiger partial charge on any atom is -0.356 e. The van der Waals surface area contributed by atoms with Crippen molar-refractivity contribution in [1.82, 2.24) is 10.6 Å². The van der Waals surface area contributed by atoms with Gasteiger partial charge in [0.2, 0.25) is 5.91 Å². The molecule has 0 radical (unpaired) electrons. The van der Waals surface area contributed by atoms with Crippen LogP contribution in [-0.2, 0) is 11.2 Å². The molecule has 1 atom stereocenters. The monoisotopic (exact) mass is 486 g/mol. The fourth-order valence-corrected chi connectivity index (χ4v) is 3.17. The third-order valence-electron chi connectivity index (χ3n) is 3.86. The van der Waals surface area contributed by atoms with E-state index in [-0.39, 0.29) is 36.4 Å². The number of aliphatic imine (C=N–C) groups is 1. The first-order valence-corrected chi connectivity index (χ1v) is 9.37. The molecule has 0 fully saturated rings. The molecule has 3 N–H and O–H groups in total. The Morgan fingerprint density at radius 2 is 2.04 bits per heavy atom. The second kappa shape index (κ2) is 11.9. The fourth-order valence-electron chi connectivity index (χ4n) is 2.38. The van der Waals surface area contributed by atoms with Gasteiger partial charge in [-0.1, -0.05) is 32.0 Å². The van der Waals surface area contributed by atoms with E-state index in [1.807, 2.05) is 18.2 Å². The molecule has 0 aliphatic heterocycles. The van der Waals surface area contributed by atoms with Crippen molar-refractivity contribution in [3.63, 3.8) is 0 Å². The average Bonchev–Trinajstić information content (AvgIpc) is 3.16. The minimum absolute atomic E-state index is 0. The second-order valence-corrected chi connectivity index (χ2v) is 6.80. The van der Waals surface area contributed by atoms with E-state index in [0.29, 0.717) is 11.9 Å². The maximum Gasteiger partial charge on any atom is 0.243 e. The number of benzene rings is 1. The van der Waals surface area contributed by atoms with Crippen LogP contribution in [0, 0.1) is 0 Å². The number of guanidine groups is 1. The number of amides is 1. The van der Waals surface area contributed by atoms with Crippen LogP contribution < -0.4 is 16.0 Å². The van der Waals surface area contributed by atoms with Gasteiger partial charge in [-0.25, -0.2) is 0 Å². The van der Waals surface area contributed by atoms with Crippen molar-refractivity contribution in [3.8, 4) is 0 Å². The Labute approximate surface area is 176 Å². The Morgan fingerprint density at radius 3 is 2.69 bits per heavy atom. The van der Waals surface area contributed by atoms with E-state index in [0.717, 1.165) is 18.7 Å². The summed E-state index contributed by atoms with van der Waals surface area (Å²) in [4.78, 5) is 17.6. The summed E-state index contributed by atoms with van der Waals surface area (Å²) in [6, 6.07) is 12.1. The molecule has 7 heteroatoms. The summed E-state index contributed by atoms with van der Waals surface area (Å²) in [7, 11) is 1.70. The number of hydrogen-bond donors (Lipinski definition) is 3. The molecule has 0 aliphatic rings. The Bertz CT molecular complexity index is 703. The minimum atomic E-state index is -0.0949. The number of aryl methyl sites for hydroxylation is 1. The molecule has 1 amide bonds. The van der Waals surface area contributed by atoms with Gasteiger partial charge in [-0.3, -0.25) is 9.79 Å². The maximum atomic E-state index is 12.1. The quantitative estimate of drug-likeness (QED) is 0.317. The molecule has 1 unspecified atom stereocenters. The number of rotatable bonds is 7. The zero-order valence-corrected chi connectivity index (χ0v) is 18.6. The van der Waals surface area contributed by atoms with Crippen molar-refractivity contribution in [2.24, 2.45) is 4.99 Å². The number of nitrogens with one attached hydrogen (secondary N) is 3. The molecule has 0 spiro atoms. The number of carbonyl (C=O) groups is 1. The maximum absolute atomic E-state index is 12.1. The van der Waals surface area contributed by atoms with Gasteiger partial charge in [0.15, 0.2) is 5.96 Å². The lowest BCUT2D eigenvalue weighted by Gasteiger charge is -2.15. The van der Waals surface area contributed by atoms with Crippen molar-refractivity contribution in [2.75, 3.05) is 25.5 Å². The van der Waals surface area contributed by atoms with Gasteiger partial charge >= 0.3 is 0 Å². The smallest absolute Gasteiger partial charge is 0.243 e. The van der Waals surface area contributed by atoms with Crippen molar-refractivity contribution in [3.05, 3.63) is 52.2 Å². The zero-order valence-electron chi connectivity index (χ0n) is 15.4. The number of halogens is 1. The summed E-state index contributed by atoms with van der Waals surface area (Å²) >= 11 is 1.75. The molecule has 2 rings (SSSR count). The average molecular weight is 486 g/mol. The standard InChI is InChI=1S/C19H26N4OS.HI/c1-4-15-7-5-8-16(11-15)23-18(24)13-22-19(20-3)21-12-14(2)17-9-6-10-25-17;/h5-11,14H,4,12-13H2,1-3H3,(H,23,24)(H2,20,21,22);1H. The molecule has 1 aromatic carbocycles. The first kappa shape index (κ1) is 22.4. The van der Waals surface area contributed by atoms with Crippen LogP contribution in [0.15, 0.2) is 46.8 Å². The first-order valence-electron chi connectivity index (χ1n) is 8.49. The molecule has 0 aliphatic carbocycles. The Kier molecular flexibility index (Phi) is 10.3. The lowest BCUT2D eigenvalue weighted by atomic mass is 10.1. The zero-order chi connectivity index (χ0) is 18.1. The Morgan fingerprint density at radius 1 is 1.23 bits per heavy atom. The molecule has 0 bridgehead atoms. The largest absolute Gasteiger partial charge is 0.356 e. The van der Waals surface area contributed by atoms with Gasteiger partial charge in [0, 0.05) is 30.1 Å². The third kappa shape index (κ3) is 7.33. The van der Waals surface area contributed by atoms with E-state index < -0.39 is 0 Å². The van der Waals surface area contributed by atoms with E-state index in [2.05, 4.69) is 58.4 Å². The molecule has 2 aromatic rings. The van der Waals surface area contributed by atoms with Gasteiger partial charge in [0.1, 0.15) is 0 Å². The highest BCUT2D eigenvalue weighted by atomic mass is 127. The SMILES string of the molecule is CCc1cccc(NC(=O)CNC(=NC)NCC(C)c2cccs2)c1.I. The molecule has 0 saturated carbocycles. The lowest BCUT2D eigenvalue weighted by molar-refractivity contribution is -0.115. The van der Waals surface area contributed by atoms with Gasteiger partial charge in [0.25, 0.3) is 0 Å². The van der Waals surface area contributed by atoms with Gasteiger partial charge < -0.3 is 16.0 Å². The normalized spacial score (nSPS) is 12.0. The van der Waals surface area contributed by atoms with Crippen LogP contribution in [0.1, 0.15) is 30.2 Å². The highest BCUT2D eigenvalue weighted by molar-refractivity contribution is 14.0. The second-order valence-electron chi connectivity index (χ2n) is 5.83. The summed E-state index contributed by atoms with van der Waals surface area (Å²) in [5, 5.41) is 11.3. The first-order chi connectivity index (χ1) is 12.1. The van der Waals surface area contributed by atoms with Gasteiger partial charge in [-0.2, -0.15) is 0 Å². The summed E-state index contributed by atoms with van der Waals surface area (Å²) in [6.07, 6.45) is 0.945. The van der Waals surface area contributed by atoms with Gasteiger partial charge in [-0.05, 0) is 35.6 Å². The van der Waals surface area contributed by atoms with Gasteiger partial charge in [0.05, 0.1) is 6.54 Å². The van der Waals surface area contributed by atoms with Crippen LogP contribution >= 0.6 is 35.3 Å². The third-order valence-corrected chi connectivity index (χ3v) is 4.97. The van der Waals surface area contributed by atoms with E-state index in [1.165, 1.54) is 10.4 Å². The summed E-state index contributed by atoms with van der Waals surface area (Å²) in [5.74, 6) is 0.924. The highest BCUT2D eigenvalue weighted by Crippen LogP contribution is 2.19. The van der Waals surface area contributed by atoms with Crippen LogP contribution in [-0.4, -0.2) is 32.0 Å². The van der Waals surface area contributed by atoms with Crippen LogP contribution in [0.4, 0.5) is 5.69 Å². The van der Waals surface area contributed by atoms with Crippen LogP contribution in [0.2, 0.25) is 0 Å². The molecule has 1 aromatic heterocycles. The van der Waals surface area contributed by atoms with Gasteiger partial charge in [-0.15, -0.1) is 35.3 Å². The van der Waals surface area contributed by atoms with Crippen molar-refractivity contribution in [1.29, 1.82) is 0 Å². The number of anilines is 1. The number of carbonyl (C=O) groups excluding carboxylic acids is 1. The van der Waals surface area contributed by atoms with Crippen molar-refractivity contribution >= 4 is 52.9 Å². The fraction of sp³-hybridized carbons (Fsp3) is 0.368.